The standard InChI is InChI=1S/C58H89N17O13/c1-31(2)26-41(48(60)80)70-49(81)40(16-10-24-66-58(63)64)69-51(83)42(27-34-18-20-36(77)21-19-34)71-50(82)39(15-7-8-22-59)68-52(84)44(29-46(78)79)73-55(87)47(33(4)76)74-53(85)43(28-35-30-67-38-14-6-5-13-37(35)38)72-54(86)45-17-11-25-75(45)56(88)32(3)12-9-23-65-57(61)62/h5-6,13-14,18-21,30-33,39-45,47,67,76-77H,7-12,15-17,22-29,59H2,1-4H3,(H2,60,80)(H,68,84)(H,69,83)(H,70,81)(H,71,82)(H,72,86)(H,73,87)(H,74,85)(H,78,79)(H4,61,62,65)(H4,63,64,66)/t32-,33+,39-,40-,41-,42-,43-,44-,45-,47-/m0/s1. The molecule has 9 amide bonds. The van der Waals surface area contributed by atoms with Gasteiger partial charge in [-0.3, -0.25) is 58.8 Å². The Kier molecular flexibility index (Phi) is 28.8. The Labute approximate surface area is 510 Å². The van der Waals surface area contributed by atoms with Crippen molar-refractivity contribution < 1.29 is 63.3 Å². The zero-order valence-electron chi connectivity index (χ0n) is 50.2. The number of aromatic nitrogens is 1. The molecule has 0 aliphatic carbocycles. The van der Waals surface area contributed by atoms with Crippen molar-refractivity contribution in [3.05, 3.63) is 65.9 Å². The van der Waals surface area contributed by atoms with Crippen molar-refractivity contribution in [3.8, 4) is 5.75 Å². The van der Waals surface area contributed by atoms with Gasteiger partial charge in [0.15, 0.2) is 11.9 Å². The summed E-state index contributed by atoms with van der Waals surface area (Å²) in [4.78, 5) is 143. The number of carboxylic acids is 1. The third-order valence-electron chi connectivity index (χ3n) is 14.8. The second-order valence-electron chi connectivity index (χ2n) is 22.5. The lowest BCUT2D eigenvalue weighted by Gasteiger charge is -2.30. The minimum atomic E-state index is -1.97. The number of fused-ring (bicyclic) bond motifs is 1. The van der Waals surface area contributed by atoms with E-state index in [1.165, 1.54) is 29.2 Å². The number of guanidine groups is 2. The van der Waals surface area contributed by atoms with Crippen LogP contribution in [0.15, 0.2) is 54.7 Å². The number of aliphatic hydroxyl groups excluding tert-OH is 1. The number of carboxylic acid groups (broad SMARTS) is 1. The maximum Gasteiger partial charge on any atom is 0.305 e. The lowest BCUT2D eigenvalue weighted by molar-refractivity contribution is -0.143. The molecule has 0 radical (unpaired) electrons. The zero-order chi connectivity index (χ0) is 65.2. The fourth-order valence-corrected chi connectivity index (χ4v) is 10.1. The van der Waals surface area contributed by atoms with Gasteiger partial charge in [-0.15, -0.1) is 0 Å². The number of hydrogen-bond donors (Lipinski definition) is 19. The van der Waals surface area contributed by atoms with E-state index in [9.17, 15) is 63.3 Å². The number of primary amides is 1. The van der Waals surface area contributed by atoms with E-state index >= 15 is 0 Å². The van der Waals surface area contributed by atoms with Gasteiger partial charge in [0.2, 0.25) is 53.2 Å². The molecule has 0 unspecified atom stereocenters. The summed E-state index contributed by atoms with van der Waals surface area (Å²) in [6, 6.07) is 0.979. The molecule has 88 heavy (non-hydrogen) atoms. The summed E-state index contributed by atoms with van der Waals surface area (Å²) in [6.07, 6.45) is 0.826. The van der Waals surface area contributed by atoms with Gasteiger partial charge in [-0.2, -0.15) is 0 Å². The lowest BCUT2D eigenvalue weighted by Crippen LogP contribution is -2.62. The molecule has 30 heteroatoms. The predicted molar refractivity (Wildman–Crippen MR) is 325 cm³/mol. The van der Waals surface area contributed by atoms with Crippen LogP contribution in [-0.4, -0.2) is 177 Å². The average Bonchev–Trinajstić information content (AvgIpc) is 4.32. The number of likely N-dealkylation sites (tertiary alicyclic amines) is 1. The maximum absolute atomic E-state index is 14.5. The Morgan fingerprint density at radius 2 is 1.18 bits per heavy atom. The van der Waals surface area contributed by atoms with Crippen molar-refractivity contribution in [3.63, 3.8) is 0 Å². The smallest absolute Gasteiger partial charge is 0.305 e. The molecular weight excluding hydrogens is 1140 g/mol. The highest BCUT2D eigenvalue weighted by Gasteiger charge is 2.40. The molecule has 0 bridgehead atoms. The summed E-state index contributed by atoms with van der Waals surface area (Å²) in [6.45, 7) is 7.40. The van der Waals surface area contributed by atoms with Gasteiger partial charge >= 0.3 is 5.97 Å². The van der Waals surface area contributed by atoms with E-state index < -0.39 is 120 Å². The van der Waals surface area contributed by atoms with E-state index in [4.69, 9.17) is 33.8 Å². The van der Waals surface area contributed by atoms with Crippen molar-refractivity contribution in [1.29, 1.82) is 10.8 Å². The Bertz CT molecular complexity index is 2900. The third kappa shape index (κ3) is 23.3. The molecule has 1 saturated heterocycles. The number of carbonyl (C=O) groups is 10. The number of benzene rings is 2. The van der Waals surface area contributed by atoms with E-state index in [0.717, 1.165) is 6.92 Å². The highest BCUT2D eigenvalue weighted by molar-refractivity contribution is 5.99. The number of nitrogens with one attached hydrogen (secondary N) is 12. The van der Waals surface area contributed by atoms with Crippen LogP contribution in [0, 0.1) is 22.7 Å². The first-order chi connectivity index (χ1) is 41.7. The number of rotatable bonds is 37. The summed E-state index contributed by atoms with van der Waals surface area (Å²) in [7, 11) is 0. The van der Waals surface area contributed by atoms with Crippen LogP contribution in [0.5, 0.6) is 5.75 Å². The molecule has 0 spiro atoms. The number of unbranched alkanes of at least 4 members (excludes halogenated alkanes) is 1. The highest BCUT2D eigenvalue weighted by Crippen LogP contribution is 2.24. The van der Waals surface area contributed by atoms with Crippen molar-refractivity contribution in [1.82, 2.24) is 57.7 Å². The SMILES string of the molecule is CC(C)C[C@H](NC(=O)[C@H](CCCNC(=N)N)NC(=O)[C@H](Cc1ccc(O)cc1)NC(=O)[C@H](CCCCN)NC(=O)[C@H](CC(=O)O)NC(=O)[C@@H](NC(=O)[C@H](Cc1c[nH]c2ccccc12)NC(=O)[C@@H]1CCCN1C(=O)[C@@H](C)CCCNC(=N)N)[C@@H](C)O)C(N)=O. The first kappa shape index (κ1) is 71.4. The van der Waals surface area contributed by atoms with Gasteiger partial charge in [-0.1, -0.05) is 51.1 Å². The van der Waals surface area contributed by atoms with Gasteiger partial charge in [0.1, 0.15) is 54.1 Å². The van der Waals surface area contributed by atoms with Crippen LogP contribution >= 0.6 is 0 Å². The average molecular weight is 1230 g/mol. The fourth-order valence-electron chi connectivity index (χ4n) is 10.1. The van der Waals surface area contributed by atoms with E-state index in [2.05, 4.69) is 52.8 Å². The van der Waals surface area contributed by atoms with E-state index in [-0.39, 0.29) is 100 Å². The van der Waals surface area contributed by atoms with Gasteiger partial charge in [0.05, 0.1) is 12.5 Å². The summed E-state index contributed by atoms with van der Waals surface area (Å²) in [5.74, 6) is -10.7. The quantitative estimate of drug-likeness (QED) is 0.0164. The molecule has 2 aromatic carbocycles. The summed E-state index contributed by atoms with van der Waals surface area (Å²) in [5.41, 5.74) is 23.9. The van der Waals surface area contributed by atoms with Crippen molar-refractivity contribution in [2.75, 3.05) is 26.2 Å². The summed E-state index contributed by atoms with van der Waals surface area (Å²) >= 11 is 0. The monoisotopic (exact) mass is 1230 g/mol. The number of nitrogens with zero attached hydrogens (tertiary/aromatic N) is 1. The van der Waals surface area contributed by atoms with Crippen molar-refractivity contribution in [2.45, 2.75) is 166 Å². The Hall–Kier alpha value is -9.06. The topological polar surface area (TPSA) is 510 Å². The predicted octanol–water partition coefficient (Wildman–Crippen LogP) is -2.28. The van der Waals surface area contributed by atoms with Crippen LogP contribution in [0.4, 0.5) is 0 Å². The zero-order valence-corrected chi connectivity index (χ0v) is 50.2. The van der Waals surface area contributed by atoms with Gasteiger partial charge in [-0.25, -0.2) is 0 Å². The summed E-state index contributed by atoms with van der Waals surface area (Å²) in [5, 5.41) is 69.9. The number of phenolic OH excluding ortho intramolecular Hbond substituents is 1. The molecule has 1 fully saturated rings. The molecule has 10 atom stereocenters. The number of carbonyl (C=O) groups excluding carboxylic acids is 9. The molecule has 3 aromatic rings. The number of hydrogen-bond acceptors (Lipinski definition) is 15. The van der Waals surface area contributed by atoms with E-state index in [1.54, 1.807) is 37.4 Å². The number of H-pyrrole nitrogens is 1. The number of nitrogens with two attached hydrogens (primary N) is 4. The second-order valence-corrected chi connectivity index (χ2v) is 22.5. The van der Waals surface area contributed by atoms with Crippen LogP contribution in [0.3, 0.4) is 0 Å². The molecule has 484 valence electrons. The normalized spacial score (nSPS) is 16.0. The molecule has 23 N–H and O–H groups in total. The number of phenols is 1. The van der Waals surface area contributed by atoms with Gasteiger partial charge in [-0.05, 0) is 113 Å². The maximum atomic E-state index is 14.5. The summed E-state index contributed by atoms with van der Waals surface area (Å²) < 4.78 is 0. The van der Waals surface area contributed by atoms with Gasteiger partial charge in [0, 0.05) is 55.5 Å². The lowest BCUT2D eigenvalue weighted by atomic mass is 10.0. The molecule has 1 aliphatic heterocycles. The van der Waals surface area contributed by atoms with Crippen LogP contribution in [-0.2, 0) is 60.8 Å². The molecule has 2 heterocycles. The molecular formula is C58H89N17O13. The Balaban J connectivity index is 1.61. The van der Waals surface area contributed by atoms with Gasteiger partial charge in [0.25, 0.3) is 0 Å². The number of amides is 9. The van der Waals surface area contributed by atoms with Crippen LogP contribution in [0.2, 0.25) is 0 Å². The molecule has 4 rings (SSSR count). The molecule has 0 saturated carbocycles. The first-order valence-corrected chi connectivity index (χ1v) is 29.5. The molecule has 1 aliphatic rings. The van der Waals surface area contributed by atoms with Crippen LogP contribution in [0.1, 0.15) is 109 Å². The highest BCUT2D eigenvalue weighted by atomic mass is 16.4. The van der Waals surface area contributed by atoms with Crippen LogP contribution < -0.4 is 70.8 Å². The van der Waals surface area contributed by atoms with Crippen LogP contribution in [0.25, 0.3) is 10.9 Å². The Morgan fingerprint density at radius 3 is 1.76 bits per heavy atom. The number of para-hydroxylation sites is 1. The fraction of sp³-hybridized carbons (Fsp3) is 0.552. The Morgan fingerprint density at radius 1 is 0.648 bits per heavy atom. The second kappa shape index (κ2) is 35.5. The molecule has 1 aromatic heterocycles. The van der Waals surface area contributed by atoms with E-state index in [0.29, 0.717) is 54.3 Å². The largest absolute Gasteiger partial charge is 0.508 e. The van der Waals surface area contributed by atoms with Crippen molar-refractivity contribution in [2.24, 2.45) is 34.8 Å². The number of aliphatic carboxylic acids is 1. The minimum Gasteiger partial charge on any atom is -0.508 e. The third-order valence-corrected chi connectivity index (χ3v) is 14.8. The van der Waals surface area contributed by atoms with Gasteiger partial charge < -0.3 is 96.0 Å². The van der Waals surface area contributed by atoms with E-state index in [1.807, 2.05) is 13.8 Å². The first-order valence-electron chi connectivity index (χ1n) is 29.5. The number of aromatic amines is 1. The molecule has 30 nitrogen and oxygen atoms in total. The number of aliphatic hydroxyl groups is 1. The van der Waals surface area contributed by atoms with Crippen molar-refractivity contribution >= 4 is 82.0 Å². The minimum absolute atomic E-state index is 0.0613. The number of aromatic hydroxyl groups is 1.